The number of fused-ring (bicyclic) bond motifs is 3. The minimum atomic E-state index is 0.695. The van der Waals surface area contributed by atoms with Crippen molar-refractivity contribution in [1.29, 1.82) is 0 Å². The number of anilines is 1. The van der Waals surface area contributed by atoms with Gasteiger partial charge in [0.15, 0.2) is 0 Å². The van der Waals surface area contributed by atoms with E-state index in [9.17, 15) is 0 Å². The van der Waals surface area contributed by atoms with Crippen LogP contribution in [0.25, 0.3) is 10.9 Å². The number of H-pyrrole nitrogens is 1. The molecule has 0 amide bonds. The fourth-order valence-corrected chi connectivity index (χ4v) is 4.23. The van der Waals surface area contributed by atoms with Gasteiger partial charge in [-0.2, -0.15) is 0 Å². The van der Waals surface area contributed by atoms with Gasteiger partial charge in [-0.15, -0.1) is 5.10 Å². The van der Waals surface area contributed by atoms with Crippen molar-refractivity contribution in [2.45, 2.75) is 45.7 Å². The van der Waals surface area contributed by atoms with Crippen LogP contribution in [-0.2, 0) is 19.5 Å². The molecule has 2 aliphatic heterocycles. The molecular formula is C20H25N5O. The summed E-state index contributed by atoms with van der Waals surface area (Å²) in [6, 6.07) is 7.34. The lowest BCUT2D eigenvalue weighted by atomic mass is 10.0. The maximum absolute atomic E-state index is 5.96. The van der Waals surface area contributed by atoms with Gasteiger partial charge < -0.3 is 14.3 Å². The normalized spacial score (nSPS) is 18.4. The molecule has 0 unspecified atom stereocenters. The predicted octanol–water partition coefficient (Wildman–Crippen LogP) is 3.41. The summed E-state index contributed by atoms with van der Waals surface area (Å²) in [5.41, 5.74) is 5.35. The summed E-state index contributed by atoms with van der Waals surface area (Å²) in [5, 5.41) is 9.93. The molecule has 0 spiro atoms. The van der Waals surface area contributed by atoms with Crippen LogP contribution in [0.3, 0.4) is 0 Å². The largest absolute Gasteiger partial charge is 0.407 e. The number of nitrogens with one attached hydrogen (secondary N) is 1. The highest BCUT2D eigenvalue weighted by Crippen LogP contribution is 2.29. The maximum atomic E-state index is 5.96. The van der Waals surface area contributed by atoms with Gasteiger partial charge in [0.05, 0.1) is 6.54 Å². The lowest BCUT2D eigenvalue weighted by Crippen LogP contribution is -2.30. The van der Waals surface area contributed by atoms with Gasteiger partial charge in [-0.05, 0) is 43.9 Å². The van der Waals surface area contributed by atoms with Crippen LogP contribution in [0.15, 0.2) is 22.6 Å². The second kappa shape index (κ2) is 6.43. The highest BCUT2D eigenvalue weighted by Gasteiger charge is 2.23. The smallest absolute Gasteiger partial charge is 0.318 e. The Labute approximate surface area is 153 Å². The van der Waals surface area contributed by atoms with Gasteiger partial charge in [0.1, 0.15) is 0 Å². The van der Waals surface area contributed by atoms with E-state index in [4.69, 9.17) is 4.42 Å². The van der Waals surface area contributed by atoms with Crippen LogP contribution in [0, 0.1) is 6.92 Å². The van der Waals surface area contributed by atoms with Crippen LogP contribution >= 0.6 is 0 Å². The second-order valence-electron chi connectivity index (χ2n) is 7.62. The molecule has 3 aromatic rings. The monoisotopic (exact) mass is 351 g/mol. The first-order valence-corrected chi connectivity index (χ1v) is 9.66. The van der Waals surface area contributed by atoms with E-state index < -0.39 is 0 Å². The van der Waals surface area contributed by atoms with Crippen LogP contribution in [0.4, 0.5) is 6.01 Å². The van der Waals surface area contributed by atoms with Gasteiger partial charge in [-0.1, -0.05) is 16.7 Å². The zero-order valence-corrected chi connectivity index (χ0v) is 15.3. The zero-order chi connectivity index (χ0) is 17.5. The number of aryl methyl sites for hydroxylation is 1. The van der Waals surface area contributed by atoms with Gasteiger partial charge in [0.2, 0.25) is 5.89 Å². The first kappa shape index (κ1) is 15.9. The number of rotatable bonds is 3. The molecule has 0 atom stereocenters. The van der Waals surface area contributed by atoms with Gasteiger partial charge in [0.25, 0.3) is 0 Å². The van der Waals surface area contributed by atoms with Crippen molar-refractivity contribution in [2.24, 2.45) is 0 Å². The summed E-state index contributed by atoms with van der Waals surface area (Å²) < 4.78 is 5.96. The lowest BCUT2D eigenvalue weighted by molar-refractivity contribution is 0.221. The number of nitrogens with zero attached hydrogens (tertiary/aromatic N) is 4. The number of piperidine rings is 1. The Morgan fingerprint density at radius 2 is 2.00 bits per heavy atom. The highest BCUT2D eigenvalue weighted by molar-refractivity contribution is 5.85. The molecule has 0 bridgehead atoms. The molecule has 1 fully saturated rings. The molecule has 0 radical (unpaired) electrons. The summed E-state index contributed by atoms with van der Waals surface area (Å²) in [6.07, 6.45) is 4.77. The van der Waals surface area contributed by atoms with Crippen LogP contribution in [0.1, 0.15) is 42.0 Å². The Morgan fingerprint density at radius 1 is 1.12 bits per heavy atom. The van der Waals surface area contributed by atoms with Crippen molar-refractivity contribution in [2.75, 3.05) is 24.5 Å². The van der Waals surface area contributed by atoms with Crippen LogP contribution in [-0.4, -0.2) is 39.7 Å². The fraction of sp³-hybridized carbons (Fsp3) is 0.500. The standard InChI is InChI=1S/C20H25N5O/c1-14-5-6-17-15(11-14)16-12-24(10-7-18(16)21-17)13-19-22-23-20(26-19)25-8-3-2-4-9-25/h5-6,11,21H,2-4,7-10,12-13H2,1H3. The van der Waals surface area contributed by atoms with E-state index in [0.717, 1.165) is 45.0 Å². The van der Waals surface area contributed by atoms with Gasteiger partial charge in [-0.25, -0.2) is 0 Å². The molecule has 0 aliphatic carbocycles. The average Bonchev–Trinajstić information content (AvgIpc) is 3.27. The van der Waals surface area contributed by atoms with E-state index in [1.165, 1.54) is 47.0 Å². The second-order valence-corrected chi connectivity index (χ2v) is 7.62. The first-order chi connectivity index (χ1) is 12.8. The minimum absolute atomic E-state index is 0.695. The van der Waals surface area contributed by atoms with E-state index >= 15 is 0 Å². The van der Waals surface area contributed by atoms with E-state index in [1.807, 2.05) is 0 Å². The van der Waals surface area contributed by atoms with E-state index in [1.54, 1.807) is 0 Å². The third kappa shape index (κ3) is 2.88. The molecule has 5 rings (SSSR count). The summed E-state index contributed by atoms with van der Waals surface area (Å²) in [7, 11) is 0. The minimum Gasteiger partial charge on any atom is -0.407 e. The fourth-order valence-electron chi connectivity index (χ4n) is 4.23. The molecular weight excluding hydrogens is 326 g/mol. The predicted molar refractivity (Wildman–Crippen MR) is 101 cm³/mol. The van der Waals surface area contributed by atoms with Crippen molar-refractivity contribution in [3.05, 3.63) is 40.9 Å². The molecule has 6 nitrogen and oxygen atoms in total. The van der Waals surface area contributed by atoms with Gasteiger partial charge in [-0.3, -0.25) is 4.90 Å². The Balaban J connectivity index is 1.33. The number of aromatic nitrogens is 3. The van der Waals surface area contributed by atoms with Crippen molar-refractivity contribution in [3.8, 4) is 0 Å². The molecule has 1 aromatic carbocycles. The SMILES string of the molecule is Cc1ccc2[nH]c3c(c2c1)CN(Cc1nnc(N2CCCCC2)o1)CC3. The highest BCUT2D eigenvalue weighted by atomic mass is 16.4. The zero-order valence-electron chi connectivity index (χ0n) is 15.3. The number of hydrogen-bond acceptors (Lipinski definition) is 5. The molecule has 4 heterocycles. The molecule has 1 N–H and O–H groups in total. The van der Waals surface area contributed by atoms with Crippen LogP contribution < -0.4 is 4.90 Å². The Kier molecular flexibility index (Phi) is 3.93. The maximum Gasteiger partial charge on any atom is 0.318 e. The summed E-state index contributed by atoms with van der Waals surface area (Å²) in [6.45, 7) is 6.88. The van der Waals surface area contributed by atoms with Gasteiger partial charge in [0, 0.05) is 49.2 Å². The summed E-state index contributed by atoms with van der Waals surface area (Å²) in [5.74, 6) is 0.727. The molecule has 2 aromatic heterocycles. The lowest BCUT2D eigenvalue weighted by Gasteiger charge is -2.26. The van der Waals surface area contributed by atoms with Crippen molar-refractivity contribution in [1.82, 2.24) is 20.1 Å². The summed E-state index contributed by atoms with van der Waals surface area (Å²) in [4.78, 5) is 8.22. The molecule has 0 saturated carbocycles. The summed E-state index contributed by atoms with van der Waals surface area (Å²) >= 11 is 0. The number of benzene rings is 1. The van der Waals surface area contributed by atoms with Gasteiger partial charge >= 0.3 is 6.01 Å². The molecule has 1 saturated heterocycles. The molecule has 2 aliphatic rings. The van der Waals surface area contributed by atoms with Crippen molar-refractivity contribution >= 4 is 16.9 Å². The third-order valence-corrected chi connectivity index (χ3v) is 5.65. The topological polar surface area (TPSA) is 61.2 Å². The van der Waals surface area contributed by atoms with Crippen LogP contribution in [0.5, 0.6) is 0 Å². The quantitative estimate of drug-likeness (QED) is 0.783. The Bertz CT molecular complexity index is 922. The Morgan fingerprint density at radius 3 is 2.88 bits per heavy atom. The average molecular weight is 351 g/mol. The van der Waals surface area contributed by atoms with Crippen molar-refractivity contribution in [3.63, 3.8) is 0 Å². The number of aromatic amines is 1. The molecule has 136 valence electrons. The van der Waals surface area contributed by atoms with Crippen molar-refractivity contribution < 1.29 is 4.42 Å². The molecule has 26 heavy (non-hydrogen) atoms. The Hall–Kier alpha value is -2.34. The van der Waals surface area contributed by atoms with E-state index in [0.29, 0.717) is 6.01 Å². The van der Waals surface area contributed by atoms with E-state index in [-0.39, 0.29) is 0 Å². The van der Waals surface area contributed by atoms with E-state index in [2.05, 4.69) is 50.1 Å². The molecule has 6 heteroatoms. The third-order valence-electron chi connectivity index (χ3n) is 5.65. The first-order valence-electron chi connectivity index (χ1n) is 9.66. The number of hydrogen-bond donors (Lipinski definition) is 1. The van der Waals surface area contributed by atoms with Crippen LogP contribution in [0.2, 0.25) is 0 Å².